The maximum absolute atomic E-state index is 11.3. The van der Waals surface area contributed by atoms with Gasteiger partial charge in [-0.15, -0.1) is 0 Å². The molecule has 0 aliphatic carbocycles. The molecule has 0 amide bonds. The number of allylic oxidation sites excluding steroid dienone is 2. The lowest BCUT2D eigenvalue weighted by molar-refractivity contribution is 0.0651. The second-order valence-electron chi connectivity index (χ2n) is 7.14. The quantitative estimate of drug-likeness (QED) is 0.536. The van der Waals surface area contributed by atoms with Gasteiger partial charge >= 0.3 is 11.9 Å². The van der Waals surface area contributed by atoms with E-state index in [1.807, 2.05) is 39.0 Å². The number of hydrogen-bond acceptors (Lipinski definition) is 4. The molecule has 0 fully saturated rings. The highest BCUT2D eigenvalue weighted by Crippen LogP contribution is 2.22. The SMILES string of the molecule is CCC(O)(C#C/C=C(\C)c1cccc(OCc2ccc(C(=O)O)c(C(=O)O)c2)c1)CC. The number of rotatable bonds is 8. The molecule has 0 saturated heterocycles. The number of carboxylic acid groups (broad SMARTS) is 2. The normalized spacial score (nSPS) is 11.4. The van der Waals surface area contributed by atoms with E-state index in [2.05, 4.69) is 11.8 Å². The molecule has 31 heavy (non-hydrogen) atoms. The van der Waals surface area contributed by atoms with E-state index < -0.39 is 17.5 Å². The minimum atomic E-state index is -1.30. The van der Waals surface area contributed by atoms with E-state index in [1.165, 1.54) is 18.2 Å². The Balaban J connectivity index is 2.16. The fraction of sp³-hybridized carbons (Fsp3) is 0.280. The van der Waals surface area contributed by atoms with Crippen molar-refractivity contribution in [2.24, 2.45) is 0 Å². The van der Waals surface area contributed by atoms with Crippen LogP contribution in [0.25, 0.3) is 5.57 Å². The monoisotopic (exact) mass is 422 g/mol. The highest BCUT2D eigenvalue weighted by molar-refractivity contribution is 6.01. The largest absolute Gasteiger partial charge is 0.489 e. The molecule has 2 aromatic carbocycles. The number of benzene rings is 2. The van der Waals surface area contributed by atoms with Crippen molar-refractivity contribution in [2.45, 2.75) is 45.8 Å². The average molecular weight is 422 g/mol. The van der Waals surface area contributed by atoms with Gasteiger partial charge in [0.2, 0.25) is 0 Å². The molecule has 0 aromatic heterocycles. The minimum Gasteiger partial charge on any atom is -0.489 e. The summed E-state index contributed by atoms with van der Waals surface area (Å²) < 4.78 is 5.77. The highest BCUT2D eigenvalue weighted by atomic mass is 16.5. The minimum absolute atomic E-state index is 0.0895. The van der Waals surface area contributed by atoms with Crippen LogP contribution >= 0.6 is 0 Å². The third kappa shape index (κ3) is 6.46. The first kappa shape index (κ1) is 23.7. The number of carbonyl (C=O) groups is 2. The molecular formula is C25H26O6. The maximum atomic E-state index is 11.3. The van der Waals surface area contributed by atoms with E-state index in [1.54, 1.807) is 12.1 Å². The molecule has 0 radical (unpaired) electrons. The van der Waals surface area contributed by atoms with Crippen molar-refractivity contribution >= 4 is 17.5 Å². The molecule has 0 spiro atoms. The van der Waals surface area contributed by atoms with Crippen LogP contribution in [0.15, 0.2) is 48.5 Å². The second kappa shape index (κ2) is 10.5. The number of aliphatic hydroxyl groups is 1. The highest BCUT2D eigenvalue weighted by Gasteiger charge is 2.18. The molecule has 0 saturated carbocycles. The summed E-state index contributed by atoms with van der Waals surface area (Å²) in [4.78, 5) is 22.5. The summed E-state index contributed by atoms with van der Waals surface area (Å²) in [5, 5.41) is 28.6. The molecule has 0 aliphatic rings. The van der Waals surface area contributed by atoms with Gasteiger partial charge in [-0.1, -0.05) is 43.9 Å². The van der Waals surface area contributed by atoms with E-state index in [9.17, 15) is 19.8 Å². The Kier molecular flexibility index (Phi) is 8.00. The number of hydrogen-bond donors (Lipinski definition) is 3. The number of carboxylic acids is 2. The van der Waals surface area contributed by atoms with Gasteiger partial charge in [0.1, 0.15) is 18.0 Å². The first-order valence-electron chi connectivity index (χ1n) is 9.93. The molecular weight excluding hydrogens is 396 g/mol. The third-order valence-corrected chi connectivity index (χ3v) is 5.00. The predicted octanol–water partition coefficient (Wildman–Crippen LogP) is 4.62. The lowest BCUT2D eigenvalue weighted by atomic mass is 9.98. The zero-order valence-corrected chi connectivity index (χ0v) is 17.8. The van der Waals surface area contributed by atoms with E-state index in [0.29, 0.717) is 24.2 Å². The van der Waals surface area contributed by atoms with Crippen molar-refractivity contribution in [3.8, 4) is 17.6 Å². The van der Waals surface area contributed by atoms with Gasteiger partial charge in [0.15, 0.2) is 0 Å². The van der Waals surface area contributed by atoms with Crippen LogP contribution in [-0.4, -0.2) is 32.9 Å². The van der Waals surface area contributed by atoms with Gasteiger partial charge in [0.05, 0.1) is 11.1 Å². The first-order chi connectivity index (χ1) is 14.7. The van der Waals surface area contributed by atoms with Crippen LogP contribution in [0.3, 0.4) is 0 Å². The summed E-state index contributed by atoms with van der Waals surface area (Å²) in [5.41, 5.74) is 0.829. The van der Waals surface area contributed by atoms with Crippen LogP contribution < -0.4 is 4.74 Å². The van der Waals surface area contributed by atoms with Gasteiger partial charge in [0.25, 0.3) is 0 Å². The summed E-state index contributed by atoms with van der Waals surface area (Å²) in [5.74, 6) is 3.80. The number of ether oxygens (including phenoxy) is 1. The molecule has 0 bridgehead atoms. The summed E-state index contributed by atoms with van der Waals surface area (Å²) in [6, 6.07) is 11.5. The summed E-state index contributed by atoms with van der Waals surface area (Å²) in [6.07, 6.45) is 2.87. The molecule has 0 aliphatic heterocycles. The molecule has 0 heterocycles. The van der Waals surface area contributed by atoms with Crippen molar-refractivity contribution in [1.29, 1.82) is 0 Å². The Morgan fingerprint density at radius 1 is 1.03 bits per heavy atom. The van der Waals surface area contributed by atoms with Crippen LogP contribution in [0, 0.1) is 11.8 Å². The predicted molar refractivity (Wildman–Crippen MR) is 118 cm³/mol. The van der Waals surface area contributed by atoms with Crippen molar-refractivity contribution in [2.75, 3.05) is 0 Å². The third-order valence-electron chi connectivity index (χ3n) is 5.00. The first-order valence-corrected chi connectivity index (χ1v) is 9.93. The van der Waals surface area contributed by atoms with Gasteiger partial charge < -0.3 is 20.1 Å². The zero-order valence-electron chi connectivity index (χ0n) is 17.8. The topological polar surface area (TPSA) is 104 Å². The van der Waals surface area contributed by atoms with Crippen LogP contribution in [-0.2, 0) is 6.61 Å². The zero-order chi connectivity index (χ0) is 23.0. The van der Waals surface area contributed by atoms with E-state index in [0.717, 1.165) is 11.1 Å². The fourth-order valence-electron chi connectivity index (χ4n) is 2.83. The average Bonchev–Trinajstić information content (AvgIpc) is 2.77. The Morgan fingerprint density at radius 2 is 1.71 bits per heavy atom. The molecule has 6 nitrogen and oxygen atoms in total. The smallest absolute Gasteiger partial charge is 0.336 e. The molecule has 0 unspecified atom stereocenters. The molecule has 162 valence electrons. The molecule has 2 aromatic rings. The van der Waals surface area contributed by atoms with E-state index in [-0.39, 0.29) is 17.7 Å². The van der Waals surface area contributed by atoms with Crippen LogP contribution in [0.1, 0.15) is 65.5 Å². The molecule has 6 heteroatoms. The summed E-state index contributed by atoms with van der Waals surface area (Å²) in [6.45, 7) is 5.79. The summed E-state index contributed by atoms with van der Waals surface area (Å²) >= 11 is 0. The van der Waals surface area contributed by atoms with Crippen molar-refractivity contribution < 1.29 is 29.6 Å². The summed E-state index contributed by atoms with van der Waals surface area (Å²) in [7, 11) is 0. The van der Waals surface area contributed by atoms with Crippen molar-refractivity contribution in [3.63, 3.8) is 0 Å². The Bertz CT molecular complexity index is 1050. The second-order valence-corrected chi connectivity index (χ2v) is 7.14. The van der Waals surface area contributed by atoms with Crippen molar-refractivity contribution in [3.05, 3.63) is 70.8 Å². The molecule has 0 atom stereocenters. The maximum Gasteiger partial charge on any atom is 0.336 e. The fourth-order valence-corrected chi connectivity index (χ4v) is 2.83. The van der Waals surface area contributed by atoms with E-state index >= 15 is 0 Å². The van der Waals surface area contributed by atoms with Crippen LogP contribution in [0.2, 0.25) is 0 Å². The Labute approximate surface area is 181 Å². The van der Waals surface area contributed by atoms with Crippen LogP contribution in [0.4, 0.5) is 0 Å². The standard InChI is InChI=1S/C25H26O6/c1-4-25(30,5-2)13-7-8-17(3)19-9-6-10-20(15-19)31-16-18-11-12-21(23(26)27)22(14-18)24(28)29/h6,8-12,14-15,30H,4-5,16H2,1-3H3,(H,26,27)(H,28,29)/b17-8+. The Hall–Kier alpha value is -3.56. The van der Waals surface area contributed by atoms with Gasteiger partial charge in [-0.3, -0.25) is 0 Å². The van der Waals surface area contributed by atoms with Gasteiger partial charge in [-0.2, -0.15) is 0 Å². The van der Waals surface area contributed by atoms with Crippen LogP contribution in [0.5, 0.6) is 5.75 Å². The number of aromatic carboxylic acids is 2. The Morgan fingerprint density at radius 3 is 2.32 bits per heavy atom. The van der Waals surface area contributed by atoms with Gasteiger partial charge in [-0.25, -0.2) is 9.59 Å². The van der Waals surface area contributed by atoms with E-state index in [4.69, 9.17) is 9.84 Å². The lowest BCUT2D eigenvalue weighted by Gasteiger charge is -2.16. The van der Waals surface area contributed by atoms with Crippen molar-refractivity contribution in [1.82, 2.24) is 0 Å². The van der Waals surface area contributed by atoms with Gasteiger partial charge in [-0.05, 0) is 66.8 Å². The lowest BCUT2D eigenvalue weighted by Crippen LogP contribution is -2.23. The van der Waals surface area contributed by atoms with Gasteiger partial charge in [0, 0.05) is 0 Å². The molecule has 2 rings (SSSR count). The molecule has 3 N–H and O–H groups in total.